The van der Waals surface area contributed by atoms with Gasteiger partial charge in [-0.25, -0.2) is 0 Å². The van der Waals surface area contributed by atoms with Crippen LogP contribution in [0.25, 0.3) is 0 Å². The Labute approximate surface area is 54.3 Å². The predicted molar refractivity (Wildman–Crippen MR) is 32.0 cm³/mol. The smallest absolute Gasteiger partial charge is 0.108 e. The first-order chi connectivity index (χ1) is 4.13. The van der Waals surface area contributed by atoms with Crippen molar-refractivity contribution in [2.75, 3.05) is 0 Å². The van der Waals surface area contributed by atoms with Gasteiger partial charge in [0.25, 0.3) is 0 Å². The predicted octanol–water partition coefficient (Wildman–Crippen LogP) is -0.485. The van der Waals surface area contributed by atoms with E-state index in [4.69, 9.17) is 14.9 Å². The molecule has 4 atom stereocenters. The van der Waals surface area contributed by atoms with Crippen LogP contribution in [0.1, 0.15) is 13.8 Å². The monoisotopic (exact) mass is 132 g/mol. The summed E-state index contributed by atoms with van der Waals surface area (Å²) in [4.78, 5) is 0. The summed E-state index contributed by atoms with van der Waals surface area (Å²) >= 11 is 0. The minimum atomic E-state index is -0.708. The van der Waals surface area contributed by atoms with Crippen LogP contribution in [-0.4, -0.2) is 34.6 Å². The van der Waals surface area contributed by atoms with Crippen molar-refractivity contribution in [1.29, 1.82) is 0 Å². The fraction of sp³-hybridized carbons (Fsp3) is 1.00. The highest BCUT2D eigenvalue weighted by atomic mass is 16.5. The molecule has 0 aromatic rings. The normalized spacial score (nSPS) is 52.0. The van der Waals surface area contributed by atoms with Gasteiger partial charge in [0.05, 0.1) is 12.2 Å². The van der Waals surface area contributed by atoms with Crippen LogP contribution < -0.4 is 0 Å². The van der Waals surface area contributed by atoms with Gasteiger partial charge in [-0.05, 0) is 13.8 Å². The van der Waals surface area contributed by atoms with E-state index in [1.165, 1.54) is 0 Å². The fourth-order valence-corrected chi connectivity index (χ4v) is 1.05. The molecule has 0 saturated carbocycles. The highest BCUT2D eigenvalue weighted by Crippen LogP contribution is 2.19. The lowest BCUT2D eigenvalue weighted by Crippen LogP contribution is -2.30. The second-order valence-electron chi connectivity index (χ2n) is 2.53. The second-order valence-corrected chi connectivity index (χ2v) is 2.53. The molecule has 0 spiro atoms. The molecule has 2 N–H and O–H groups in total. The summed E-state index contributed by atoms with van der Waals surface area (Å²) in [5, 5.41) is 18.1. The summed E-state index contributed by atoms with van der Waals surface area (Å²) in [5.41, 5.74) is 0. The molecule has 1 aliphatic heterocycles. The lowest BCUT2D eigenvalue weighted by atomic mass is 10.1. The molecule has 54 valence electrons. The van der Waals surface area contributed by atoms with Gasteiger partial charge in [0, 0.05) is 0 Å². The standard InChI is InChI=1S/C6H12O3/c1-3-5(7)6(8)4(2)9-3/h3-8H,1-2H3/t3-,4?,5-,6+/m0/s1. The molecule has 9 heavy (non-hydrogen) atoms. The Morgan fingerprint density at radius 2 is 1.33 bits per heavy atom. The largest absolute Gasteiger partial charge is 0.388 e. The maximum absolute atomic E-state index is 9.06. The van der Waals surface area contributed by atoms with E-state index in [0.29, 0.717) is 0 Å². The molecule has 1 rings (SSSR count). The van der Waals surface area contributed by atoms with Gasteiger partial charge in [0.1, 0.15) is 12.2 Å². The summed E-state index contributed by atoms with van der Waals surface area (Å²) in [6.07, 6.45) is -1.87. The lowest BCUT2D eigenvalue weighted by molar-refractivity contribution is 0.0281. The van der Waals surface area contributed by atoms with Gasteiger partial charge in [0.2, 0.25) is 0 Å². The molecule has 1 aliphatic rings. The summed E-state index contributed by atoms with van der Waals surface area (Å²) < 4.78 is 5.09. The van der Waals surface area contributed by atoms with Crippen molar-refractivity contribution in [3.63, 3.8) is 0 Å². The first-order valence-corrected chi connectivity index (χ1v) is 3.14. The average Bonchev–Trinajstić information content (AvgIpc) is 1.98. The third-order valence-electron chi connectivity index (χ3n) is 1.74. The Balaban J connectivity index is 2.54. The summed E-state index contributed by atoms with van der Waals surface area (Å²) in [6, 6.07) is 0. The van der Waals surface area contributed by atoms with Gasteiger partial charge in [-0.15, -0.1) is 0 Å². The van der Waals surface area contributed by atoms with E-state index >= 15 is 0 Å². The average molecular weight is 132 g/mol. The van der Waals surface area contributed by atoms with E-state index in [9.17, 15) is 0 Å². The number of hydrogen-bond acceptors (Lipinski definition) is 3. The lowest BCUT2D eigenvalue weighted by Gasteiger charge is -2.08. The fourth-order valence-electron chi connectivity index (χ4n) is 1.05. The van der Waals surface area contributed by atoms with Gasteiger partial charge >= 0.3 is 0 Å². The van der Waals surface area contributed by atoms with Gasteiger partial charge in [0.15, 0.2) is 0 Å². The van der Waals surface area contributed by atoms with Gasteiger partial charge in [-0.3, -0.25) is 0 Å². The Morgan fingerprint density at radius 1 is 1.00 bits per heavy atom. The summed E-state index contributed by atoms with van der Waals surface area (Å²) in [5.74, 6) is 0. The van der Waals surface area contributed by atoms with Crippen molar-refractivity contribution in [3.05, 3.63) is 0 Å². The number of ether oxygens (including phenoxy) is 1. The van der Waals surface area contributed by atoms with Crippen LogP contribution in [0.2, 0.25) is 0 Å². The van der Waals surface area contributed by atoms with Crippen LogP contribution in [0, 0.1) is 0 Å². The first kappa shape index (κ1) is 6.99. The minimum Gasteiger partial charge on any atom is -0.388 e. The Kier molecular flexibility index (Phi) is 1.75. The molecule has 3 heteroatoms. The van der Waals surface area contributed by atoms with Crippen LogP contribution >= 0.6 is 0 Å². The van der Waals surface area contributed by atoms with E-state index in [-0.39, 0.29) is 12.2 Å². The molecule has 0 aromatic heterocycles. The van der Waals surface area contributed by atoms with E-state index in [1.807, 2.05) is 0 Å². The third-order valence-corrected chi connectivity index (χ3v) is 1.74. The molecule has 0 aliphatic carbocycles. The van der Waals surface area contributed by atoms with Gasteiger partial charge in [-0.1, -0.05) is 0 Å². The van der Waals surface area contributed by atoms with E-state index in [2.05, 4.69) is 0 Å². The van der Waals surface area contributed by atoms with Crippen LogP contribution in [0.15, 0.2) is 0 Å². The summed E-state index contributed by atoms with van der Waals surface area (Å²) in [7, 11) is 0. The van der Waals surface area contributed by atoms with E-state index in [0.717, 1.165) is 0 Å². The molecule has 1 unspecified atom stereocenters. The summed E-state index contributed by atoms with van der Waals surface area (Å²) in [6.45, 7) is 3.49. The number of aliphatic hydroxyl groups excluding tert-OH is 2. The van der Waals surface area contributed by atoms with Crippen LogP contribution in [0.4, 0.5) is 0 Å². The molecule has 0 radical (unpaired) electrons. The highest BCUT2D eigenvalue weighted by molar-refractivity contribution is 4.85. The molecular formula is C6H12O3. The second kappa shape index (κ2) is 2.25. The zero-order valence-electron chi connectivity index (χ0n) is 5.61. The van der Waals surface area contributed by atoms with Crippen molar-refractivity contribution >= 4 is 0 Å². The molecular weight excluding hydrogens is 120 g/mol. The van der Waals surface area contributed by atoms with Crippen molar-refractivity contribution in [2.45, 2.75) is 38.3 Å². The zero-order chi connectivity index (χ0) is 7.02. The zero-order valence-corrected chi connectivity index (χ0v) is 5.61. The van der Waals surface area contributed by atoms with E-state index in [1.54, 1.807) is 13.8 Å². The van der Waals surface area contributed by atoms with E-state index < -0.39 is 12.2 Å². The number of hydrogen-bond donors (Lipinski definition) is 2. The maximum atomic E-state index is 9.06. The number of aliphatic hydroxyl groups is 2. The Morgan fingerprint density at radius 3 is 1.44 bits per heavy atom. The van der Waals surface area contributed by atoms with Crippen molar-refractivity contribution in [1.82, 2.24) is 0 Å². The third kappa shape index (κ3) is 1.08. The maximum Gasteiger partial charge on any atom is 0.108 e. The number of rotatable bonds is 0. The Bertz CT molecular complexity index is 92.5. The first-order valence-electron chi connectivity index (χ1n) is 3.14. The molecule has 0 aromatic carbocycles. The molecule has 1 fully saturated rings. The quantitative estimate of drug-likeness (QED) is 0.468. The molecule has 1 saturated heterocycles. The van der Waals surface area contributed by atoms with Crippen molar-refractivity contribution in [2.24, 2.45) is 0 Å². The minimum absolute atomic E-state index is 0.227. The molecule has 1 heterocycles. The van der Waals surface area contributed by atoms with Gasteiger partial charge < -0.3 is 14.9 Å². The topological polar surface area (TPSA) is 49.7 Å². The SMILES string of the molecule is CC1O[C@@H](C)[C@H](O)[C@@H]1O. The van der Waals surface area contributed by atoms with Crippen LogP contribution in [-0.2, 0) is 4.74 Å². The molecule has 0 bridgehead atoms. The van der Waals surface area contributed by atoms with Crippen molar-refractivity contribution < 1.29 is 14.9 Å². The molecule has 3 nitrogen and oxygen atoms in total. The van der Waals surface area contributed by atoms with Crippen LogP contribution in [0.3, 0.4) is 0 Å². The highest BCUT2D eigenvalue weighted by Gasteiger charge is 2.36. The van der Waals surface area contributed by atoms with Crippen LogP contribution in [0.5, 0.6) is 0 Å². The van der Waals surface area contributed by atoms with Crippen molar-refractivity contribution in [3.8, 4) is 0 Å². The Hall–Kier alpha value is -0.120. The molecule has 0 amide bonds. The van der Waals surface area contributed by atoms with Gasteiger partial charge in [-0.2, -0.15) is 0 Å².